The molecule has 0 N–H and O–H groups in total. The van der Waals surface area contributed by atoms with Gasteiger partial charge < -0.3 is 4.74 Å². The van der Waals surface area contributed by atoms with Gasteiger partial charge in [-0.15, -0.1) is 0 Å². The van der Waals surface area contributed by atoms with Crippen LogP contribution in [0.2, 0.25) is 0 Å². The molecule has 0 bridgehead atoms. The third-order valence-corrected chi connectivity index (χ3v) is 4.92. The van der Waals surface area contributed by atoms with Crippen molar-refractivity contribution in [1.82, 2.24) is 9.21 Å². The first-order chi connectivity index (χ1) is 8.27. The number of nitrogens with zero attached hydrogens (tertiary/aromatic N) is 2. The highest BCUT2D eigenvalue weighted by atomic mass is 32.2. The Bertz CT molecular complexity index is 388. The first kappa shape index (κ1) is 15.4. The summed E-state index contributed by atoms with van der Waals surface area (Å²) in [7, 11) is -1.72. The van der Waals surface area contributed by atoms with Crippen LogP contribution in [-0.2, 0) is 19.6 Å². The Morgan fingerprint density at radius 3 is 2.06 bits per heavy atom. The minimum atomic E-state index is -3.10. The highest BCUT2D eigenvalue weighted by Gasteiger charge is 2.30. The molecule has 6 nitrogen and oxygen atoms in total. The Hall–Kier alpha value is -0.660. The molecular formula is C11H22N2O4S. The van der Waals surface area contributed by atoms with E-state index in [4.69, 9.17) is 4.74 Å². The van der Waals surface area contributed by atoms with Crippen LogP contribution in [0.1, 0.15) is 13.8 Å². The molecule has 1 aliphatic rings. The number of hydrogen-bond donors (Lipinski definition) is 0. The molecule has 2 unspecified atom stereocenters. The zero-order valence-electron chi connectivity index (χ0n) is 11.4. The minimum absolute atomic E-state index is 0.0548. The fourth-order valence-electron chi connectivity index (χ4n) is 2.14. The number of hydrogen-bond acceptors (Lipinski definition) is 5. The quantitative estimate of drug-likeness (QED) is 0.664. The smallest absolute Gasteiger partial charge is 0.309 e. The maximum absolute atomic E-state index is 11.5. The van der Waals surface area contributed by atoms with Gasteiger partial charge in [-0.05, 0) is 6.92 Å². The molecule has 1 saturated heterocycles. The molecule has 2 atom stereocenters. The largest absolute Gasteiger partial charge is 0.469 e. The van der Waals surface area contributed by atoms with Crippen molar-refractivity contribution in [3.05, 3.63) is 0 Å². The van der Waals surface area contributed by atoms with E-state index in [1.165, 1.54) is 17.7 Å². The van der Waals surface area contributed by atoms with Crippen molar-refractivity contribution in [1.29, 1.82) is 0 Å². The Morgan fingerprint density at radius 1 is 1.17 bits per heavy atom. The second kappa shape index (κ2) is 5.99. The van der Waals surface area contributed by atoms with E-state index < -0.39 is 10.0 Å². The number of carbonyl (C=O) groups excluding carboxylic acids is 1. The Kier molecular flexibility index (Phi) is 5.12. The predicted molar refractivity (Wildman–Crippen MR) is 68.6 cm³/mol. The van der Waals surface area contributed by atoms with Crippen LogP contribution in [0.25, 0.3) is 0 Å². The molecule has 18 heavy (non-hydrogen) atoms. The van der Waals surface area contributed by atoms with Crippen molar-refractivity contribution in [2.45, 2.75) is 19.9 Å². The second-order valence-electron chi connectivity index (χ2n) is 4.75. The minimum Gasteiger partial charge on any atom is -0.469 e. The number of piperazine rings is 1. The summed E-state index contributed by atoms with van der Waals surface area (Å²) in [5.74, 6) is -0.437. The first-order valence-electron chi connectivity index (χ1n) is 6.04. The fourth-order valence-corrected chi connectivity index (χ4v) is 2.97. The molecule has 1 rings (SSSR count). The fraction of sp³-hybridized carbons (Fsp3) is 0.909. The number of carbonyl (C=O) groups is 1. The van der Waals surface area contributed by atoms with E-state index in [9.17, 15) is 13.2 Å². The highest BCUT2D eigenvalue weighted by molar-refractivity contribution is 7.88. The van der Waals surface area contributed by atoms with Gasteiger partial charge in [0.15, 0.2) is 0 Å². The van der Waals surface area contributed by atoms with Gasteiger partial charge in [0.25, 0.3) is 0 Å². The van der Waals surface area contributed by atoms with Gasteiger partial charge in [0.1, 0.15) is 0 Å². The molecule has 0 aromatic rings. The maximum Gasteiger partial charge on any atom is 0.309 e. The number of esters is 1. The molecule has 0 aliphatic carbocycles. The lowest BCUT2D eigenvalue weighted by molar-refractivity contribution is -0.147. The lowest BCUT2D eigenvalue weighted by Crippen LogP contribution is -2.53. The summed E-state index contributed by atoms with van der Waals surface area (Å²) in [6.07, 6.45) is 1.23. The molecule has 0 aromatic heterocycles. The van der Waals surface area contributed by atoms with Crippen LogP contribution >= 0.6 is 0 Å². The van der Waals surface area contributed by atoms with E-state index in [0.29, 0.717) is 26.2 Å². The van der Waals surface area contributed by atoms with Crippen molar-refractivity contribution in [3.63, 3.8) is 0 Å². The van der Waals surface area contributed by atoms with Gasteiger partial charge in [0.05, 0.1) is 19.3 Å². The third-order valence-electron chi connectivity index (χ3n) is 3.61. The lowest BCUT2D eigenvalue weighted by Gasteiger charge is -2.38. The summed E-state index contributed by atoms with van der Waals surface area (Å²) in [5.41, 5.74) is 0. The molecule has 0 aromatic carbocycles. The van der Waals surface area contributed by atoms with Crippen molar-refractivity contribution < 1.29 is 17.9 Å². The Balaban J connectivity index is 2.55. The van der Waals surface area contributed by atoms with Crippen LogP contribution in [0.15, 0.2) is 0 Å². The number of ether oxygens (including phenoxy) is 1. The summed E-state index contributed by atoms with van der Waals surface area (Å²) in [6.45, 7) is 6.07. The number of rotatable bonds is 4. The maximum atomic E-state index is 11.5. The molecule has 0 radical (unpaired) electrons. The summed E-state index contributed by atoms with van der Waals surface area (Å²) < 4.78 is 29.0. The van der Waals surface area contributed by atoms with Gasteiger partial charge in [0.2, 0.25) is 10.0 Å². The molecule has 0 amide bonds. The van der Waals surface area contributed by atoms with E-state index >= 15 is 0 Å². The van der Waals surface area contributed by atoms with E-state index in [2.05, 4.69) is 4.90 Å². The summed E-state index contributed by atoms with van der Waals surface area (Å²) in [6, 6.07) is 0.0548. The van der Waals surface area contributed by atoms with Crippen LogP contribution in [0.4, 0.5) is 0 Å². The topological polar surface area (TPSA) is 66.9 Å². The molecule has 1 aliphatic heterocycles. The predicted octanol–water partition coefficient (Wildman–Crippen LogP) is -0.239. The van der Waals surface area contributed by atoms with Crippen LogP contribution in [0.5, 0.6) is 0 Å². The third kappa shape index (κ3) is 3.66. The zero-order valence-corrected chi connectivity index (χ0v) is 12.2. The highest BCUT2D eigenvalue weighted by Crippen LogP contribution is 2.16. The van der Waals surface area contributed by atoms with E-state index in [1.54, 1.807) is 0 Å². The van der Waals surface area contributed by atoms with Gasteiger partial charge in [-0.2, -0.15) is 4.31 Å². The summed E-state index contributed by atoms with van der Waals surface area (Å²) in [5, 5.41) is 0. The van der Waals surface area contributed by atoms with Crippen molar-refractivity contribution >= 4 is 16.0 Å². The molecule has 7 heteroatoms. The van der Waals surface area contributed by atoms with Crippen molar-refractivity contribution in [2.24, 2.45) is 5.92 Å². The van der Waals surface area contributed by atoms with Crippen molar-refractivity contribution in [2.75, 3.05) is 39.5 Å². The molecular weight excluding hydrogens is 256 g/mol. The second-order valence-corrected chi connectivity index (χ2v) is 6.73. The van der Waals surface area contributed by atoms with Crippen molar-refractivity contribution in [3.8, 4) is 0 Å². The monoisotopic (exact) mass is 278 g/mol. The van der Waals surface area contributed by atoms with Crippen LogP contribution in [-0.4, -0.2) is 69.2 Å². The zero-order chi connectivity index (χ0) is 13.9. The Labute approximate surface area is 109 Å². The number of sulfonamides is 1. The molecule has 1 fully saturated rings. The van der Waals surface area contributed by atoms with E-state index in [-0.39, 0.29) is 17.9 Å². The summed E-state index contributed by atoms with van der Waals surface area (Å²) in [4.78, 5) is 13.6. The molecule has 1 heterocycles. The lowest BCUT2D eigenvalue weighted by atomic mass is 10.0. The van der Waals surface area contributed by atoms with Gasteiger partial charge in [-0.1, -0.05) is 6.92 Å². The molecule has 106 valence electrons. The van der Waals surface area contributed by atoms with E-state index in [0.717, 1.165) is 0 Å². The normalized spacial score (nSPS) is 22.4. The Morgan fingerprint density at radius 2 is 1.67 bits per heavy atom. The van der Waals surface area contributed by atoms with Crippen LogP contribution in [0, 0.1) is 5.92 Å². The molecule has 0 spiro atoms. The van der Waals surface area contributed by atoms with E-state index in [1.807, 2.05) is 13.8 Å². The molecule has 0 saturated carbocycles. The first-order valence-corrected chi connectivity index (χ1v) is 7.89. The van der Waals surface area contributed by atoms with Gasteiger partial charge in [-0.25, -0.2) is 8.42 Å². The SMILES string of the molecule is COC(=O)C(C)C(C)N1CCN(S(C)(=O)=O)CC1. The average Bonchev–Trinajstić information content (AvgIpc) is 2.35. The van der Waals surface area contributed by atoms with Crippen LogP contribution < -0.4 is 0 Å². The van der Waals surface area contributed by atoms with Gasteiger partial charge in [-0.3, -0.25) is 9.69 Å². The average molecular weight is 278 g/mol. The number of methoxy groups -OCH3 is 1. The van der Waals surface area contributed by atoms with Gasteiger partial charge >= 0.3 is 5.97 Å². The van der Waals surface area contributed by atoms with Crippen LogP contribution in [0.3, 0.4) is 0 Å². The standard InChI is InChI=1S/C11H22N2O4S/c1-9(11(14)17-3)10(2)12-5-7-13(8-6-12)18(4,15)16/h9-10H,5-8H2,1-4H3. The summed E-state index contributed by atoms with van der Waals surface area (Å²) >= 11 is 0. The van der Waals surface area contributed by atoms with Gasteiger partial charge in [0, 0.05) is 32.2 Å².